The first-order chi connectivity index (χ1) is 9.60. The van der Waals surface area contributed by atoms with Crippen LogP contribution in [-0.4, -0.2) is 33.5 Å². The minimum atomic E-state index is -0.292. The number of amides is 1. The summed E-state index contributed by atoms with van der Waals surface area (Å²) in [7, 11) is 1.74. The van der Waals surface area contributed by atoms with Crippen molar-refractivity contribution in [2.24, 2.45) is 0 Å². The van der Waals surface area contributed by atoms with Crippen molar-refractivity contribution in [2.75, 3.05) is 12.4 Å². The third-order valence-electron chi connectivity index (χ3n) is 2.74. The van der Waals surface area contributed by atoms with Gasteiger partial charge in [0, 0.05) is 32.0 Å². The minimum Gasteiger partial charge on any atom is -0.373 e. The van der Waals surface area contributed by atoms with Crippen molar-refractivity contribution >= 4 is 23.3 Å². The van der Waals surface area contributed by atoms with Crippen molar-refractivity contribution in [1.82, 2.24) is 19.9 Å². The number of carbonyl (C=O) groups excluding carboxylic acids is 1. The Hall–Kier alpha value is -2.08. The van der Waals surface area contributed by atoms with E-state index in [1.54, 1.807) is 31.7 Å². The van der Waals surface area contributed by atoms with Gasteiger partial charge in [0.05, 0.1) is 11.3 Å². The highest BCUT2D eigenvalue weighted by Gasteiger charge is 2.15. The van der Waals surface area contributed by atoms with Crippen molar-refractivity contribution in [3.8, 4) is 0 Å². The Morgan fingerprint density at radius 3 is 2.95 bits per heavy atom. The first-order valence-corrected chi connectivity index (χ1v) is 6.59. The summed E-state index contributed by atoms with van der Waals surface area (Å²) < 4.78 is 1.89. The van der Waals surface area contributed by atoms with Crippen molar-refractivity contribution in [3.63, 3.8) is 0 Å². The largest absolute Gasteiger partial charge is 0.373 e. The SMILES string of the molecule is CNc1ccc(Cl)c(C(=O)NC(C)Cn2ccnc2)n1. The second kappa shape index (κ2) is 6.38. The molecular weight excluding hydrogens is 278 g/mol. The maximum atomic E-state index is 12.2. The molecule has 2 N–H and O–H groups in total. The van der Waals surface area contributed by atoms with E-state index in [0.717, 1.165) is 0 Å². The number of imidazole rings is 1. The van der Waals surface area contributed by atoms with Gasteiger partial charge in [-0.15, -0.1) is 0 Å². The number of halogens is 1. The second-order valence-corrected chi connectivity index (χ2v) is 4.82. The molecule has 1 unspecified atom stereocenters. The first-order valence-electron chi connectivity index (χ1n) is 6.21. The van der Waals surface area contributed by atoms with Crippen LogP contribution in [0.25, 0.3) is 0 Å². The molecule has 106 valence electrons. The molecule has 1 amide bonds. The molecule has 0 aromatic carbocycles. The van der Waals surface area contributed by atoms with Gasteiger partial charge in [-0.2, -0.15) is 0 Å². The topological polar surface area (TPSA) is 71.8 Å². The molecule has 2 heterocycles. The molecule has 2 aromatic heterocycles. The maximum absolute atomic E-state index is 12.2. The highest BCUT2D eigenvalue weighted by molar-refractivity contribution is 6.33. The third-order valence-corrected chi connectivity index (χ3v) is 3.04. The molecule has 0 fully saturated rings. The summed E-state index contributed by atoms with van der Waals surface area (Å²) in [6, 6.07) is 3.30. The molecule has 0 saturated carbocycles. The molecule has 7 heteroatoms. The van der Waals surface area contributed by atoms with Crippen molar-refractivity contribution < 1.29 is 4.79 Å². The van der Waals surface area contributed by atoms with Crippen molar-refractivity contribution in [2.45, 2.75) is 19.5 Å². The summed E-state index contributed by atoms with van der Waals surface area (Å²) in [4.78, 5) is 20.3. The summed E-state index contributed by atoms with van der Waals surface area (Å²) in [6.45, 7) is 2.54. The standard InChI is InChI=1S/C13H16ClN5O/c1-9(7-19-6-5-16-8-19)17-13(20)12-10(14)3-4-11(15-2)18-12/h3-6,8-9H,7H2,1-2H3,(H,15,18)(H,17,20). The molecule has 1 atom stereocenters. The van der Waals surface area contributed by atoms with Gasteiger partial charge < -0.3 is 15.2 Å². The van der Waals surface area contributed by atoms with E-state index in [0.29, 0.717) is 17.4 Å². The molecular formula is C13H16ClN5O. The lowest BCUT2D eigenvalue weighted by molar-refractivity contribution is 0.0932. The third kappa shape index (κ3) is 3.48. The lowest BCUT2D eigenvalue weighted by atomic mass is 10.2. The number of hydrogen-bond acceptors (Lipinski definition) is 4. The summed E-state index contributed by atoms with van der Waals surface area (Å²) in [5, 5.41) is 6.07. The average Bonchev–Trinajstić information content (AvgIpc) is 2.91. The van der Waals surface area contributed by atoms with Crippen LogP contribution in [-0.2, 0) is 6.54 Å². The number of carbonyl (C=O) groups is 1. The minimum absolute atomic E-state index is 0.0622. The van der Waals surface area contributed by atoms with Gasteiger partial charge in [0.15, 0.2) is 0 Å². The van der Waals surface area contributed by atoms with Gasteiger partial charge in [0.25, 0.3) is 5.91 Å². The van der Waals surface area contributed by atoms with Gasteiger partial charge in [0.1, 0.15) is 11.5 Å². The number of hydrogen-bond donors (Lipinski definition) is 2. The summed E-state index contributed by atoms with van der Waals surface area (Å²) >= 11 is 6.01. The molecule has 0 spiro atoms. The molecule has 0 bridgehead atoms. The Morgan fingerprint density at radius 1 is 1.50 bits per heavy atom. The maximum Gasteiger partial charge on any atom is 0.271 e. The fraction of sp³-hybridized carbons (Fsp3) is 0.308. The number of anilines is 1. The van der Waals surface area contributed by atoms with Crippen LogP contribution in [0.3, 0.4) is 0 Å². The molecule has 0 aliphatic carbocycles. The quantitative estimate of drug-likeness (QED) is 0.882. The van der Waals surface area contributed by atoms with Gasteiger partial charge >= 0.3 is 0 Å². The zero-order valence-corrected chi connectivity index (χ0v) is 12.1. The van der Waals surface area contributed by atoms with Gasteiger partial charge in [0.2, 0.25) is 0 Å². The summed E-state index contributed by atoms with van der Waals surface area (Å²) in [5.74, 6) is 0.307. The van der Waals surface area contributed by atoms with E-state index in [2.05, 4.69) is 20.6 Å². The van der Waals surface area contributed by atoms with E-state index >= 15 is 0 Å². The zero-order valence-electron chi connectivity index (χ0n) is 11.3. The van der Waals surface area contributed by atoms with E-state index in [1.165, 1.54) is 0 Å². The van der Waals surface area contributed by atoms with Crippen molar-refractivity contribution in [1.29, 1.82) is 0 Å². The van der Waals surface area contributed by atoms with Crippen LogP contribution in [0.5, 0.6) is 0 Å². The molecule has 0 radical (unpaired) electrons. The second-order valence-electron chi connectivity index (χ2n) is 4.41. The first kappa shape index (κ1) is 14.3. The molecule has 0 aliphatic rings. The van der Waals surface area contributed by atoms with E-state index in [-0.39, 0.29) is 17.6 Å². The molecule has 2 aromatic rings. The number of nitrogens with one attached hydrogen (secondary N) is 2. The molecule has 0 aliphatic heterocycles. The Labute approximate surface area is 122 Å². The van der Waals surface area contributed by atoms with Crippen LogP contribution in [0.1, 0.15) is 17.4 Å². The molecule has 20 heavy (non-hydrogen) atoms. The molecule has 6 nitrogen and oxygen atoms in total. The highest BCUT2D eigenvalue weighted by atomic mass is 35.5. The number of pyridine rings is 1. The van der Waals surface area contributed by atoms with Crippen LogP contribution in [0.15, 0.2) is 30.9 Å². The fourth-order valence-electron chi connectivity index (χ4n) is 1.79. The van der Waals surface area contributed by atoms with Gasteiger partial charge in [-0.1, -0.05) is 11.6 Å². The van der Waals surface area contributed by atoms with Crippen LogP contribution < -0.4 is 10.6 Å². The summed E-state index contributed by atoms with van der Waals surface area (Å²) in [5.41, 5.74) is 0.219. The number of nitrogens with zero attached hydrogens (tertiary/aromatic N) is 3. The van der Waals surface area contributed by atoms with E-state index in [4.69, 9.17) is 11.6 Å². The van der Waals surface area contributed by atoms with Gasteiger partial charge in [-0.25, -0.2) is 9.97 Å². The number of aromatic nitrogens is 3. The lowest BCUT2D eigenvalue weighted by Crippen LogP contribution is -2.36. The monoisotopic (exact) mass is 293 g/mol. The predicted molar refractivity (Wildman–Crippen MR) is 77.9 cm³/mol. The fourth-order valence-corrected chi connectivity index (χ4v) is 1.98. The lowest BCUT2D eigenvalue weighted by Gasteiger charge is -2.15. The number of rotatable bonds is 5. The molecule has 0 saturated heterocycles. The van der Waals surface area contributed by atoms with Crippen LogP contribution in [0, 0.1) is 0 Å². The van der Waals surface area contributed by atoms with Gasteiger partial charge in [-0.05, 0) is 19.1 Å². The molecule has 2 rings (SSSR count). The summed E-state index contributed by atoms with van der Waals surface area (Å²) in [6.07, 6.45) is 5.24. The average molecular weight is 294 g/mol. The van der Waals surface area contributed by atoms with Crippen LogP contribution >= 0.6 is 11.6 Å². The van der Waals surface area contributed by atoms with E-state index < -0.39 is 0 Å². The van der Waals surface area contributed by atoms with Crippen molar-refractivity contribution in [3.05, 3.63) is 41.6 Å². The normalized spacial score (nSPS) is 11.9. The van der Waals surface area contributed by atoms with Crippen LogP contribution in [0.2, 0.25) is 5.02 Å². The Bertz CT molecular complexity index is 584. The van der Waals surface area contributed by atoms with E-state index in [9.17, 15) is 4.79 Å². The Kier molecular flexibility index (Phi) is 4.57. The zero-order chi connectivity index (χ0) is 14.5. The highest BCUT2D eigenvalue weighted by Crippen LogP contribution is 2.16. The van der Waals surface area contributed by atoms with E-state index in [1.807, 2.05) is 17.7 Å². The van der Waals surface area contributed by atoms with Gasteiger partial charge in [-0.3, -0.25) is 4.79 Å². The predicted octanol–water partition coefficient (Wildman–Crippen LogP) is 1.79. The Morgan fingerprint density at radius 2 is 2.30 bits per heavy atom. The Balaban J connectivity index is 2.04. The smallest absolute Gasteiger partial charge is 0.271 e. The van der Waals surface area contributed by atoms with Crippen LogP contribution in [0.4, 0.5) is 5.82 Å².